The van der Waals surface area contributed by atoms with Gasteiger partial charge in [0.1, 0.15) is 0 Å². The number of carbonyl (C=O) groups excluding carboxylic acids is 2. The third-order valence-corrected chi connectivity index (χ3v) is 4.73. The average Bonchev–Trinajstić information content (AvgIpc) is 2.69. The maximum absolute atomic E-state index is 12.0. The summed E-state index contributed by atoms with van der Waals surface area (Å²) in [4.78, 5) is 23.9. The van der Waals surface area contributed by atoms with Gasteiger partial charge in [-0.25, -0.2) is 5.43 Å². The zero-order valence-corrected chi connectivity index (χ0v) is 18.6. The van der Waals surface area contributed by atoms with Gasteiger partial charge in [-0.15, -0.1) is 0 Å². The van der Waals surface area contributed by atoms with E-state index in [2.05, 4.69) is 54.0 Å². The van der Waals surface area contributed by atoms with Gasteiger partial charge >= 0.3 is 0 Å². The molecule has 0 spiro atoms. The fraction of sp³-hybridized carbons (Fsp3) is 0.292. The number of nitrogens with one attached hydrogen (secondary N) is 2. The number of hydrogen-bond acceptors (Lipinski definition) is 3. The molecule has 0 aliphatic heterocycles. The van der Waals surface area contributed by atoms with Crippen LogP contribution in [0.4, 0.5) is 5.69 Å². The van der Waals surface area contributed by atoms with Crippen molar-refractivity contribution in [3.63, 3.8) is 0 Å². The number of hydrogen-bond donors (Lipinski definition) is 2. The van der Waals surface area contributed by atoms with Crippen molar-refractivity contribution in [3.05, 3.63) is 69.8 Å². The molecule has 0 radical (unpaired) electrons. The van der Waals surface area contributed by atoms with E-state index in [-0.39, 0.29) is 24.7 Å². The minimum atomic E-state index is -0.316. The van der Waals surface area contributed by atoms with E-state index in [1.807, 2.05) is 19.9 Å². The van der Waals surface area contributed by atoms with Gasteiger partial charge in [-0.1, -0.05) is 55.8 Å². The highest BCUT2D eigenvalue weighted by molar-refractivity contribution is 6.30. The summed E-state index contributed by atoms with van der Waals surface area (Å²) in [5.74, 6) is -0.0537. The number of benzene rings is 2. The molecule has 2 aromatic carbocycles. The number of nitrogens with zero attached hydrogens (tertiary/aromatic N) is 1. The van der Waals surface area contributed by atoms with Gasteiger partial charge in [0.15, 0.2) is 0 Å². The van der Waals surface area contributed by atoms with Crippen molar-refractivity contribution in [3.8, 4) is 0 Å². The lowest BCUT2D eigenvalue weighted by Gasteiger charge is -2.08. The Hall–Kier alpha value is -2.92. The molecular formula is C24H28ClN3O2. The van der Waals surface area contributed by atoms with Gasteiger partial charge in [-0.2, -0.15) is 5.10 Å². The van der Waals surface area contributed by atoms with E-state index < -0.39 is 0 Å². The molecule has 158 valence electrons. The van der Waals surface area contributed by atoms with Crippen LogP contribution >= 0.6 is 11.6 Å². The summed E-state index contributed by atoms with van der Waals surface area (Å²) < 4.78 is 0. The molecule has 0 bridgehead atoms. The van der Waals surface area contributed by atoms with Crippen LogP contribution in [-0.4, -0.2) is 18.0 Å². The second kappa shape index (κ2) is 11.3. The van der Waals surface area contributed by atoms with E-state index in [0.717, 1.165) is 16.7 Å². The summed E-state index contributed by atoms with van der Waals surface area (Å²) in [6.45, 7) is 8.09. The average molecular weight is 426 g/mol. The van der Waals surface area contributed by atoms with Crippen LogP contribution in [0.1, 0.15) is 56.2 Å². The second-order valence-electron chi connectivity index (χ2n) is 7.51. The van der Waals surface area contributed by atoms with Crippen LogP contribution in [-0.2, 0) is 9.59 Å². The van der Waals surface area contributed by atoms with Crippen molar-refractivity contribution >= 4 is 41.4 Å². The van der Waals surface area contributed by atoms with E-state index in [1.54, 1.807) is 24.4 Å². The predicted molar refractivity (Wildman–Crippen MR) is 125 cm³/mol. The van der Waals surface area contributed by atoms with Gasteiger partial charge in [-0.05, 0) is 60.2 Å². The monoisotopic (exact) mass is 425 g/mol. The SMILES string of the molecule is CC(/C=N\NC(=O)CCC(=O)Nc1ccc(Cl)cc1C)=C\c1ccc(C(C)C)cc1. The molecule has 2 amide bonds. The number of amides is 2. The van der Waals surface area contributed by atoms with E-state index >= 15 is 0 Å². The highest BCUT2D eigenvalue weighted by atomic mass is 35.5. The van der Waals surface area contributed by atoms with Crippen molar-refractivity contribution in [1.82, 2.24) is 5.43 Å². The summed E-state index contributed by atoms with van der Waals surface area (Å²) in [6, 6.07) is 13.6. The van der Waals surface area contributed by atoms with E-state index in [4.69, 9.17) is 11.6 Å². The minimum absolute atomic E-state index is 0.0508. The Balaban J connectivity index is 1.77. The molecule has 0 saturated carbocycles. The maximum Gasteiger partial charge on any atom is 0.240 e. The molecule has 5 nitrogen and oxygen atoms in total. The van der Waals surface area contributed by atoms with E-state index in [1.165, 1.54) is 5.56 Å². The van der Waals surface area contributed by atoms with Crippen LogP contribution in [0.3, 0.4) is 0 Å². The van der Waals surface area contributed by atoms with Crippen molar-refractivity contribution in [2.24, 2.45) is 5.10 Å². The zero-order valence-electron chi connectivity index (χ0n) is 17.8. The second-order valence-corrected chi connectivity index (χ2v) is 7.95. The number of halogens is 1. The Kier molecular flexibility index (Phi) is 8.81. The number of allylic oxidation sites excluding steroid dienone is 1. The third-order valence-electron chi connectivity index (χ3n) is 4.50. The Morgan fingerprint density at radius 2 is 1.73 bits per heavy atom. The first-order valence-corrected chi connectivity index (χ1v) is 10.3. The molecule has 2 aromatic rings. The Morgan fingerprint density at radius 1 is 1.07 bits per heavy atom. The molecule has 6 heteroatoms. The summed E-state index contributed by atoms with van der Waals surface area (Å²) in [5, 5.41) is 7.35. The van der Waals surface area contributed by atoms with Gasteiger partial charge in [0.2, 0.25) is 11.8 Å². The number of hydrazone groups is 1. The van der Waals surface area contributed by atoms with Crippen LogP contribution in [0.5, 0.6) is 0 Å². The van der Waals surface area contributed by atoms with Gasteiger partial charge in [0.05, 0.1) is 6.21 Å². The van der Waals surface area contributed by atoms with Gasteiger partial charge in [0, 0.05) is 23.6 Å². The standard InChI is InChI=1S/C24H28ClN3O2/c1-16(2)20-7-5-19(6-8-20)13-17(3)15-26-28-24(30)12-11-23(29)27-22-10-9-21(25)14-18(22)4/h5-10,13-16H,11-12H2,1-4H3,(H,27,29)(H,28,30)/b17-13+,26-15-. The Labute approximate surface area is 183 Å². The van der Waals surface area contributed by atoms with Crippen molar-refractivity contribution in [2.75, 3.05) is 5.32 Å². The van der Waals surface area contributed by atoms with Crippen molar-refractivity contribution in [2.45, 2.75) is 46.5 Å². The lowest BCUT2D eigenvalue weighted by Crippen LogP contribution is -2.20. The molecular weight excluding hydrogens is 398 g/mol. The third kappa shape index (κ3) is 7.84. The first-order valence-electron chi connectivity index (χ1n) is 9.90. The first kappa shape index (κ1) is 23.4. The number of aryl methyl sites for hydroxylation is 1. The molecule has 30 heavy (non-hydrogen) atoms. The summed E-state index contributed by atoms with van der Waals surface area (Å²) in [6.07, 6.45) is 3.70. The molecule has 0 aliphatic carbocycles. The lowest BCUT2D eigenvalue weighted by atomic mass is 10.0. The molecule has 0 aromatic heterocycles. The van der Waals surface area contributed by atoms with Gasteiger partial charge < -0.3 is 5.32 Å². The first-order chi connectivity index (χ1) is 14.2. The fourth-order valence-corrected chi connectivity index (χ4v) is 2.97. The molecule has 0 aliphatic rings. The van der Waals surface area contributed by atoms with Gasteiger partial charge in [-0.3, -0.25) is 9.59 Å². The maximum atomic E-state index is 12.0. The zero-order chi connectivity index (χ0) is 22.1. The molecule has 2 N–H and O–H groups in total. The Morgan fingerprint density at radius 3 is 2.37 bits per heavy atom. The molecule has 0 atom stereocenters. The molecule has 0 unspecified atom stereocenters. The number of anilines is 1. The lowest BCUT2D eigenvalue weighted by molar-refractivity contribution is -0.124. The quantitative estimate of drug-likeness (QED) is 0.421. The van der Waals surface area contributed by atoms with Gasteiger partial charge in [0.25, 0.3) is 0 Å². The normalized spacial score (nSPS) is 11.7. The smallest absolute Gasteiger partial charge is 0.240 e. The largest absolute Gasteiger partial charge is 0.326 e. The highest BCUT2D eigenvalue weighted by Gasteiger charge is 2.08. The number of rotatable bonds is 8. The van der Waals surface area contributed by atoms with Crippen LogP contribution in [0.2, 0.25) is 5.02 Å². The summed E-state index contributed by atoms with van der Waals surface area (Å²) in [5.41, 5.74) is 7.28. The fourth-order valence-electron chi connectivity index (χ4n) is 2.75. The van der Waals surface area contributed by atoms with Crippen molar-refractivity contribution in [1.29, 1.82) is 0 Å². The van der Waals surface area contributed by atoms with Crippen LogP contribution in [0.15, 0.2) is 53.1 Å². The summed E-state index contributed by atoms with van der Waals surface area (Å²) >= 11 is 5.91. The molecule has 0 fully saturated rings. The summed E-state index contributed by atoms with van der Waals surface area (Å²) in [7, 11) is 0. The van der Waals surface area contributed by atoms with Crippen LogP contribution in [0, 0.1) is 6.92 Å². The highest BCUT2D eigenvalue weighted by Crippen LogP contribution is 2.20. The van der Waals surface area contributed by atoms with Crippen LogP contribution in [0.25, 0.3) is 6.08 Å². The van der Waals surface area contributed by atoms with Crippen LogP contribution < -0.4 is 10.7 Å². The van der Waals surface area contributed by atoms with Crippen molar-refractivity contribution < 1.29 is 9.59 Å². The number of carbonyl (C=O) groups is 2. The Bertz CT molecular complexity index is 947. The molecule has 0 saturated heterocycles. The van der Waals surface area contributed by atoms with E-state index in [0.29, 0.717) is 16.6 Å². The topological polar surface area (TPSA) is 70.6 Å². The minimum Gasteiger partial charge on any atom is -0.326 e. The predicted octanol–water partition coefficient (Wildman–Crippen LogP) is 5.70. The molecule has 2 rings (SSSR count). The van der Waals surface area contributed by atoms with E-state index in [9.17, 15) is 9.59 Å². The molecule has 0 heterocycles.